The monoisotopic (exact) mass is 391 g/mol. The summed E-state index contributed by atoms with van der Waals surface area (Å²) in [5, 5.41) is 33.8. The maximum atomic E-state index is 12.2. The van der Waals surface area contributed by atoms with Crippen LogP contribution in [-0.2, 0) is 19.2 Å². The molecule has 12 heteroatoms. The van der Waals surface area contributed by atoms with Gasteiger partial charge >= 0.3 is 5.97 Å². The lowest BCUT2D eigenvalue weighted by Crippen LogP contribution is -2.55. The van der Waals surface area contributed by atoms with E-state index in [1.165, 1.54) is 6.92 Å². The molecule has 0 aliphatic carbocycles. The van der Waals surface area contributed by atoms with Crippen molar-refractivity contribution in [3.05, 3.63) is 0 Å². The Hall–Kier alpha value is -2.28. The molecule has 0 rings (SSSR count). The van der Waals surface area contributed by atoms with Crippen molar-refractivity contribution in [2.45, 2.75) is 50.4 Å². The number of aliphatic hydroxyl groups excluding tert-OH is 2. The van der Waals surface area contributed by atoms with Crippen LogP contribution in [0.4, 0.5) is 0 Å². The molecular formula is C15H29N5O7. The summed E-state index contributed by atoms with van der Waals surface area (Å²) in [5.74, 6) is -3.65. The SMILES string of the molecule is CC(O)C(N)C(=O)NCC(=O)NC(CCCCN)C(=O)NC(CO)C(=O)O. The summed E-state index contributed by atoms with van der Waals surface area (Å²) in [4.78, 5) is 46.7. The molecule has 27 heavy (non-hydrogen) atoms. The number of hydrogen-bond donors (Lipinski definition) is 8. The third-order valence-corrected chi connectivity index (χ3v) is 3.64. The van der Waals surface area contributed by atoms with Gasteiger partial charge in [0, 0.05) is 0 Å². The number of carboxylic acid groups (broad SMARTS) is 1. The second-order valence-electron chi connectivity index (χ2n) is 5.97. The van der Waals surface area contributed by atoms with Crippen molar-refractivity contribution in [2.75, 3.05) is 19.7 Å². The maximum absolute atomic E-state index is 12.2. The molecule has 0 saturated carbocycles. The molecule has 4 unspecified atom stereocenters. The Balaban J connectivity index is 4.78. The Kier molecular flexibility index (Phi) is 11.9. The topological polar surface area (TPSA) is 217 Å². The molecule has 4 atom stereocenters. The van der Waals surface area contributed by atoms with Gasteiger partial charge in [0.05, 0.1) is 19.3 Å². The number of nitrogens with one attached hydrogen (secondary N) is 3. The van der Waals surface area contributed by atoms with Crippen molar-refractivity contribution in [1.82, 2.24) is 16.0 Å². The minimum absolute atomic E-state index is 0.188. The molecule has 0 aliphatic heterocycles. The van der Waals surface area contributed by atoms with Gasteiger partial charge in [-0.1, -0.05) is 0 Å². The van der Waals surface area contributed by atoms with E-state index in [9.17, 15) is 24.3 Å². The van der Waals surface area contributed by atoms with E-state index >= 15 is 0 Å². The van der Waals surface area contributed by atoms with Crippen molar-refractivity contribution in [2.24, 2.45) is 11.5 Å². The number of unbranched alkanes of at least 4 members (excludes halogenated alkanes) is 1. The van der Waals surface area contributed by atoms with Crippen molar-refractivity contribution in [3.8, 4) is 0 Å². The van der Waals surface area contributed by atoms with Gasteiger partial charge in [-0.25, -0.2) is 4.79 Å². The van der Waals surface area contributed by atoms with Gasteiger partial charge in [0.1, 0.15) is 18.1 Å². The molecule has 0 aliphatic rings. The molecule has 0 aromatic carbocycles. The summed E-state index contributed by atoms with van der Waals surface area (Å²) in [6, 6.07) is -3.78. The molecule has 156 valence electrons. The van der Waals surface area contributed by atoms with E-state index in [-0.39, 0.29) is 6.42 Å². The zero-order valence-electron chi connectivity index (χ0n) is 15.2. The first kappa shape index (κ1) is 24.7. The van der Waals surface area contributed by atoms with E-state index in [4.69, 9.17) is 21.7 Å². The van der Waals surface area contributed by atoms with Gasteiger partial charge in [0.15, 0.2) is 0 Å². The van der Waals surface area contributed by atoms with Crippen LogP contribution in [0.1, 0.15) is 26.2 Å². The summed E-state index contributed by atoms with van der Waals surface area (Å²) in [5.41, 5.74) is 10.8. The number of hydrogen-bond acceptors (Lipinski definition) is 8. The minimum atomic E-state index is -1.50. The lowest BCUT2D eigenvalue weighted by molar-refractivity contribution is -0.143. The third kappa shape index (κ3) is 9.84. The fraction of sp³-hybridized carbons (Fsp3) is 0.733. The molecule has 0 aromatic rings. The highest BCUT2D eigenvalue weighted by Gasteiger charge is 2.26. The van der Waals surface area contributed by atoms with Gasteiger partial charge in [-0.2, -0.15) is 0 Å². The predicted molar refractivity (Wildman–Crippen MR) is 94.2 cm³/mol. The zero-order valence-corrected chi connectivity index (χ0v) is 15.2. The summed E-state index contributed by atoms with van der Waals surface area (Å²) in [6.07, 6.45) is 0.162. The first-order valence-corrected chi connectivity index (χ1v) is 8.48. The molecule has 0 bridgehead atoms. The van der Waals surface area contributed by atoms with Crippen LogP contribution in [0.3, 0.4) is 0 Å². The van der Waals surface area contributed by atoms with Crippen molar-refractivity contribution in [3.63, 3.8) is 0 Å². The van der Waals surface area contributed by atoms with E-state index in [0.717, 1.165) is 0 Å². The standard InChI is InChI=1S/C15H29N5O7/c1-8(22)12(17)14(25)18-6-11(23)19-9(4-2-3-5-16)13(24)20-10(7-21)15(26)27/h8-10,12,21-22H,2-7,16-17H2,1H3,(H,18,25)(H,19,23)(H,20,24)(H,26,27). The van der Waals surface area contributed by atoms with Crippen LogP contribution in [0.2, 0.25) is 0 Å². The molecule has 10 N–H and O–H groups in total. The smallest absolute Gasteiger partial charge is 0.328 e. The van der Waals surface area contributed by atoms with Crippen LogP contribution in [0.15, 0.2) is 0 Å². The lowest BCUT2D eigenvalue weighted by atomic mass is 10.1. The predicted octanol–water partition coefficient (Wildman–Crippen LogP) is -4.01. The second kappa shape index (κ2) is 13.0. The Morgan fingerprint density at radius 1 is 1.04 bits per heavy atom. The van der Waals surface area contributed by atoms with Crippen molar-refractivity contribution < 1.29 is 34.5 Å². The van der Waals surface area contributed by atoms with Gasteiger partial charge < -0.3 is 42.7 Å². The summed E-state index contributed by atoms with van der Waals surface area (Å²) >= 11 is 0. The molecule has 0 aromatic heterocycles. The normalized spacial score (nSPS) is 15.1. The van der Waals surface area contributed by atoms with Gasteiger partial charge in [-0.05, 0) is 32.7 Å². The van der Waals surface area contributed by atoms with Gasteiger partial charge in [-0.3, -0.25) is 14.4 Å². The Bertz CT molecular complexity index is 515. The number of amides is 3. The van der Waals surface area contributed by atoms with E-state index in [0.29, 0.717) is 19.4 Å². The number of carbonyl (C=O) groups excluding carboxylic acids is 3. The van der Waals surface area contributed by atoms with Crippen LogP contribution in [0.5, 0.6) is 0 Å². The van der Waals surface area contributed by atoms with E-state index in [1.807, 2.05) is 0 Å². The Labute approximate surface area is 156 Å². The quantitative estimate of drug-likeness (QED) is 0.143. The molecule has 0 heterocycles. The van der Waals surface area contributed by atoms with Crippen LogP contribution >= 0.6 is 0 Å². The number of aliphatic carboxylic acids is 1. The molecule has 12 nitrogen and oxygen atoms in total. The number of rotatable bonds is 13. The number of carboxylic acids is 1. The summed E-state index contributed by atoms with van der Waals surface area (Å²) in [6.45, 7) is 0.409. The molecule has 0 fully saturated rings. The highest BCUT2D eigenvalue weighted by atomic mass is 16.4. The van der Waals surface area contributed by atoms with E-state index < -0.39 is 61.1 Å². The first-order valence-electron chi connectivity index (χ1n) is 8.48. The largest absolute Gasteiger partial charge is 0.480 e. The molecule has 3 amide bonds. The fourth-order valence-corrected chi connectivity index (χ4v) is 1.97. The fourth-order valence-electron chi connectivity index (χ4n) is 1.97. The zero-order chi connectivity index (χ0) is 21.0. The first-order chi connectivity index (χ1) is 12.6. The minimum Gasteiger partial charge on any atom is -0.480 e. The molecular weight excluding hydrogens is 362 g/mol. The van der Waals surface area contributed by atoms with Crippen molar-refractivity contribution >= 4 is 23.7 Å². The van der Waals surface area contributed by atoms with Gasteiger partial charge in [-0.15, -0.1) is 0 Å². The lowest BCUT2D eigenvalue weighted by Gasteiger charge is -2.21. The molecule has 0 saturated heterocycles. The van der Waals surface area contributed by atoms with Crippen LogP contribution in [0, 0.1) is 0 Å². The average Bonchev–Trinajstić information content (AvgIpc) is 2.62. The van der Waals surface area contributed by atoms with Gasteiger partial charge in [0.2, 0.25) is 17.7 Å². The Morgan fingerprint density at radius 3 is 2.15 bits per heavy atom. The van der Waals surface area contributed by atoms with Crippen LogP contribution in [-0.4, -0.2) is 82.9 Å². The Morgan fingerprint density at radius 2 is 1.67 bits per heavy atom. The average molecular weight is 391 g/mol. The summed E-state index contributed by atoms with van der Waals surface area (Å²) in [7, 11) is 0. The van der Waals surface area contributed by atoms with Gasteiger partial charge in [0.25, 0.3) is 0 Å². The molecule has 0 spiro atoms. The third-order valence-electron chi connectivity index (χ3n) is 3.64. The number of nitrogens with two attached hydrogens (primary N) is 2. The second-order valence-corrected chi connectivity index (χ2v) is 5.97. The van der Waals surface area contributed by atoms with E-state index in [1.54, 1.807) is 0 Å². The van der Waals surface area contributed by atoms with Crippen molar-refractivity contribution in [1.29, 1.82) is 0 Å². The van der Waals surface area contributed by atoms with Crippen LogP contribution < -0.4 is 27.4 Å². The highest BCUT2D eigenvalue weighted by molar-refractivity contribution is 5.92. The number of carbonyl (C=O) groups is 4. The summed E-state index contributed by atoms with van der Waals surface area (Å²) < 4.78 is 0. The highest BCUT2D eigenvalue weighted by Crippen LogP contribution is 2.02. The number of aliphatic hydroxyl groups is 2. The van der Waals surface area contributed by atoms with Crippen LogP contribution in [0.25, 0.3) is 0 Å². The maximum Gasteiger partial charge on any atom is 0.328 e. The molecule has 0 radical (unpaired) electrons. The van der Waals surface area contributed by atoms with E-state index in [2.05, 4.69) is 16.0 Å².